The van der Waals surface area contributed by atoms with E-state index in [1.165, 1.54) is 0 Å². The molecule has 0 aliphatic carbocycles. The van der Waals surface area contributed by atoms with Gasteiger partial charge in [0.05, 0.1) is 24.4 Å². The number of unbranched alkanes of at least 4 members (excludes halogenated alkanes) is 2. The van der Waals surface area contributed by atoms with Crippen molar-refractivity contribution in [3.05, 3.63) is 125 Å². The summed E-state index contributed by atoms with van der Waals surface area (Å²) < 4.78 is 13.0. The zero-order chi connectivity index (χ0) is 35.3. The highest BCUT2D eigenvalue weighted by molar-refractivity contribution is 7.99. The molecule has 1 fully saturated rings. The summed E-state index contributed by atoms with van der Waals surface area (Å²) in [5.74, 6) is -0.787. The minimum absolute atomic E-state index is 0.0334. The molecule has 1 saturated heterocycles. The number of hydrogen-bond acceptors (Lipinski definition) is 8. The van der Waals surface area contributed by atoms with Crippen molar-refractivity contribution < 1.29 is 39.3 Å². The highest BCUT2D eigenvalue weighted by atomic mass is 32.2. The van der Waals surface area contributed by atoms with E-state index in [9.17, 15) is 24.6 Å². The molecule has 0 unspecified atom stereocenters. The predicted molar refractivity (Wildman–Crippen MR) is 189 cm³/mol. The highest BCUT2D eigenvalue weighted by Gasteiger charge is 2.32. The Bertz CT molecular complexity index is 1710. The number of carboxylic acids is 1. The van der Waals surface area contributed by atoms with Crippen LogP contribution in [0.15, 0.2) is 102 Å². The SMILES string of the molecule is O=C(CCCCCC(=O)NCc1ccccc1-c1ccc([C@@H]2O[C@H](CSc3ccc(C(=O)O)cc3)C[C@H](c3ccc(CO)cc3)O2)cc1)NO. The van der Waals surface area contributed by atoms with Crippen LogP contribution in [0.3, 0.4) is 0 Å². The van der Waals surface area contributed by atoms with Gasteiger partial charge < -0.3 is 25.0 Å². The second-order valence-corrected chi connectivity index (χ2v) is 13.2. The first-order chi connectivity index (χ1) is 24.3. The zero-order valence-corrected chi connectivity index (χ0v) is 28.4. The fraction of sp³-hybridized carbons (Fsp3) is 0.308. The fourth-order valence-corrected chi connectivity index (χ4v) is 6.69. The number of rotatable bonds is 16. The maximum Gasteiger partial charge on any atom is 0.335 e. The van der Waals surface area contributed by atoms with Crippen LogP contribution in [0, 0.1) is 0 Å². The molecule has 10 nitrogen and oxygen atoms in total. The van der Waals surface area contributed by atoms with Gasteiger partial charge in [-0.05, 0) is 64.9 Å². The van der Waals surface area contributed by atoms with Crippen molar-refractivity contribution in [2.24, 2.45) is 0 Å². The molecule has 50 heavy (non-hydrogen) atoms. The Hall–Kier alpha value is -4.52. The molecular weight excluding hydrogens is 657 g/mol. The number of aromatic carboxylic acids is 1. The molecule has 2 amide bonds. The molecule has 1 aliphatic heterocycles. The van der Waals surface area contributed by atoms with Crippen LogP contribution in [0.1, 0.15) is 83.5 Å². The van der Waals surface area contributed by atoms with E-state index < -0.39 is 18.2 Å². The molecule has 4 aromatic carbocycles. The van der Waals surface area contributed by atoms with E-state index >= 15 is 0 Å². The molecule has 1 heterocycles. The predicted octanol–water partition coefficient (Wildman–Crippen LogP) is 6.95. The second-order valence-electron chi connectivity index (χ2n) is 12.1. The molecule has 0 radical (unpaired) electrons. The quantitative estimate of drug-likeness (QED) is 0.0362. The summed E-state index contributed by atoms with van der Waals surface area (Å²) >= 11 is 1.60. The molecule has 0 bridgehead atoms. The van der Waals surface area contributed by atoms with E-state index in [0.717, 1.165) is 44.7 Å². The number of aliphatic hydroxyl groups excluding tert-OH is 1. The van der Waals surface area contributed by atoms with Gasteiger partial charge in [0.15, 0.2) is 6.29 Å². The number of carbonyl (C=O) groups is 3. The number of amides is 2. The van der Waals surface area contributed by atoms with Crippen LogP contribution in [0.2, 0.25) is 0 Å². The molecule has 4 aromatic rings. The van der Waals surface area contributed by atoms with E-state index in [1.54, 1.807) is 29.4 Å². The molecule has 5 rings (SSSR count). The maximum atomic E-state index is 12.5. The molecule has 3 atom stereocenters. The van der Waals surface area contributed by atoms with Gasteiger partial charge in [0.2, 0.25) is 11.8 Å². The van der Waals surface area contributed by atoms with Crippen molar-refractivity contribution in [2.75, 3.05) is 5.75 Å². The number of hydrogen-bond donors (Lipinski definition) is 5. The first kappa shape index (κ1) is 36.8. The van der Waals surface area contributed by atoms with E-state index in [0.29, 0.717) is 38.0 Å². The first-order valence-corrected chi connectivity index (χ1v) is 17.7. The molecule has 0 saturated carbocycles. The van der Waals surface area contributed by atoms with Gasteiger partial charge in [-0.15, -0.1) is 11.8 Å². The average molecular weight is 699 g/mol. The van der Waals surface area contributed by atoms with Gasteiger partial charge in [-0.25, -0.2) is 10.3 Å². The fourth-order valence-electron chi connectivity index (χ4n) is 5.77. The van der Waals surface area contributed by atoms with Crippen LogP contribution in [0.5, 0.6) is 0 Å². The standard InChI is InChI=1S/C39H42N2O8S/c42-24-26-10-12-28(13-11-26)35-22-32(25-50-33-20-18-29(19-21-33)38(45)46)48-39(49-35)30-16-14-27(15-17-30)34-7-5-4-6-31(34)23-40-36(43)8-2-1-3-9-37(44)41-47/h4-7,10-21,32,35,39,42,47H,1-3,8-9,22-25H2,(H,40,43)(H,41,44)(H,45,46)/t32-,35+,39+/m0/s1. The van der Waals surface area contributed by atoms with E-state index in [-0.39, 0.29) is 36.7 Å². The first-order valence-electron chi connectivity index (χ1n) is 16.7. The lowest BCUT2D eigenvalue weighted by Gasteiger charge is -2.36. The van der Waals surface area contributed by atoms with Crippen LogP contribution in [-0.2, 0) is 32.2 Å². The van der Waals surface area contributed by atoms with Gasteiger partial charge >= 0.3 is 5.97 Å². The maximum absolute atomic E-state index is 12.5. The lowest BCUT2D eigenvalue weighted by Crippen LogP contribution is -2.31. The van der Waals surface area contributed by atoms with Crippen molar-refractivity contribution >= 4 is 29.5 Å². The van der Waals surface area contributed by atoms with Gasteiger partial charge in [-0.3, -0.25) is 14.8 Å². The molecule has 5 N–H and O–H groups in total. The van der Waals surface area contributed by atoms with E-state index in [2.05, 4.69) is 5.32 Å². The van der Waals surface area contributed by atoms with Crippen molar-refractivity contribution in [2.45, 2.75) is 75.1 Å². The molecule has 0 aromatic heterocycles. The molecular formula is C39H42N2O8S. The van der Waals surface area contributed by atoms with Crippen molar-refractivity contribution in [3.63, 3.8) is 0 Å². The van der Waals surface area contributed by atoms with Crippen molar-refractivity contribution in [1.29, 1.82) is 0 Å². The normalized spacial score (nSPS) is 17.2. The number of hydroxylamine groups is 1. The number of carbonyl (C=O) groups excluding carboxylic acids is 2. The smallest absolute Gasteiger partial charge is 0.335 e. The largest absolute Gasteiger partial charge is 0.478 e. The lowest BCUT2D eigenvalue weighted by molar-refractivity contribution is -0.245. The Labute approximate surface area is 295 Å². The summed E-state index contributed by atoms with van der Waals surface area (Å²) in [5, 5.41) is 30.3. The number of benzene rings is 4. The van der Waals surface area contributed by atoms with Crippen LogP contribution in [-0.4, -0.2) is 45.1 Å². The Kier molecular flexibility index (Phi) is 13.6. The molecule has 11 heteroatoms. The third kappa shape index (κ3) is 10.5. The summed E-state index contributed by atoms with van der Waals surface area (Å²) in [7, 11) is 0. The van der Waals surface area contributed by atoms with Gasteiger partial charge in [0.1, 0.15) is 0 Å². The number of carboxylic acid groups (broad SMARTS) is 1. The van der Waals surface area contributed by atoms with Crippen LogP contribution >= 0.6 is 11.8 Å². The molecule has 0 spiro atoms. The lowest BCUT2D eigenvalue weighted by atomic mass is 9.97. The van der Waals surface area contributed by atoms with Gasteiger partial charge in [-0.2, -0.15) is 0 Å². The average Bonchev–Trinajstić information content (AvgIpc) is 3.16. The zero-order valence-electron chi connectivity index (χ0n) is 27.6. The van der Waals surface area contributed by atoms with E-state index in [4.69, 9.17) is 14.7 Å². The van der Waals surface area contributed by atoms with Crippen LogP contribution in [0.4, 0.5) is 0 Å². The number of thioether (sulfide) groups is 1. The van der Waals surface area contributed by atoms with Gasteiger partial charge in [0, 0.05) is 42.0 Å². The number of nitrogens with one attached hydrogen (secondary N) is 2. The molecule has 1 aliphatic rings. The minimum Gasteiger partial charge on any atom is -0.478 e. The summed E-state index contributed by atoms with van der Waals surface area (Å²) in [6, 6.07) is 30.6. The Morgan fingerprint density at radius 3 is 2.14 bits per heavy atom. The van der Waals surface area contributed by atoms with Gasteiger partial charge in [-0.1, -0.05) is 79.2 Å². The third-order valence-electron chi connectivity index (χ3n) is 8.57. The highest BCUT2D eigenvalue weighted by Crippen LogP contribution is 2.40. The Morgan fingerprint density at radius 1 is 0.780 bits per heavy atom. The molecule has 262 valence electrons. The summed E-state index contributed by atoms with van der Waals surface area (Å²) in [6.07, 6.45) is 2.22. The topological polar surface area (TPSA) is 154 Å². The number of aliphatic hydroxyl groups is 1. The monoisotopic (exact) mass is 698 g/mol. The van der Waals surface area contributed by atoms with Crippen molar-refractivity contribution in [3.8, 4) is 11.1 Å². The third-order valence-corrected chi connectivity index (χ3v) is 9.72. The summed E-state index contributed by atoms with van der Waals surface area (Å²) in [5.41, 5.74) is 7.53. The van der Waals surface area contributed by atoms with Crippen molar-refractivity contribution in [1.82, 2.24) is 10.8 Å². The van der Waals surface area contributed by atoms with Gasteiger partial charge in [0.25, 0.3) is 0 Å². The Morgan fingerprint density at radius 2 is 1.46 bits per heavy atom. The summed E-state index contributed by atoms with van der Waals surface area (Å²) in [4.78, 5) is 35.8. The van der Waals surface area contributed by atoms with Crippen LogP contribution < -0.4 is 10.8 Å². The Balaban J connectivity index is 1.24. The van der Waals surface area contributed by atoms with Crippen LogP contribution in [0.25, 0.3) is 11.1 Å². The summed E-state index contributed by atoms with van der Waals surface area (Å²) in [6.45, 7) is 0.349. The minimum atomic E-state index is -0.957. The second kappa shape index (κ2) is 18.5. The number of ether oxygens (including phenoxy) is 2. The van der Waals surface area contributed by atoms with E-state index in [1.807, 2.05) is 84.9 Å².